The first-order valence-corrected chi connectivity index (χ1v) is 5.66. The van der Waals surface area contributed by atoms with Crippen molar-refractivity contribution in [1.82, 2.24) is 4.90 Å². The van der Waals surface area contributed by atoms with E-state index in [1.807, 2.05) is 0 Å². The third-order valence-corrected chi connectivity index (χ3v) is 3.25. The summed E-state index contributed by atoms with van der Waals surface area (Å²) in [7, 11) is 0. The minimum Gasteiger partial charge on any atom is -0.329 e. The number of likely N-dealkylation sites (tertiary alicyclic amines) is 1. The molecule has 2 N–H and O–H groups in total. The average Bonchev–Trinajstić information content (AvgIpc) is 2.30. The summed E-state index contributed by atoms with van der Waals surface area (Å²) < 4.78 is 0. The van der Waals surface area contributed by atoms with Crippen LogP contribution in [0, 0.1) is 11.8 Å². The predicted molar refractivity (Wildman–Crippen MR) is 57.7 cm³/mol. The van der Waals surface area contributed by atoms with Gasteiger partial charge in [-0.05, 0) is 44.2 Å². The van der Waals surface area contributed by atoms with Gasteiger partial charge in [-0.2, -0.15) is 0 Å². The van der Waals surface area contributed by atoms with Gasteiger partial charge in [0.2, 0.25) is 0 Å². The minimum absolute atomic E-state index is 0.812. The number of hydrogen-bond donors (Lipinski definition) is 1. The Labute approximate surface area is 82.5 Å². The minimum atomic E-state index is 0.812. The first-order valence-electron chi connectivity index (χ1n) is 5.66. The van der Waals surface area contributed by atoms with Gasteiger partial charge in [0.05, 0.1) is 0 Å². The van der Waals surface area contributed by atoms with Gasteiger partial charge < -0.3 is 10.6 Å². The van der Waals surface area contributed by atoms with Crippen molar-refractivity contribution < 1.29 is 0 Å². The van der Waals surface area contributed by atoms with E-state index in [1.54, 1.807) is 0 Å². The molecule has 78 valence electrons. The van der Waals surface area contributed by atoms with Gasteiger partial charge in [-0.25, -0.2) is 0 Å². The molecule has 13 heavy (non-hydrogen) atoms. The predicted octanol–water partition coefficient (Wildman–Crippen LogP) is 1.70. The van der Waals surface area contributed by atoms with Crippen LogP contribution in [0.2, 0.25) is 0 Å². The summed E-state index contributed by atoms with van der Waals surface area (Å²) >= 11 is 0. The van der Waals surface area contributed by atoms with Crippen LogP contribution in [-0.4, -0.2) is 31.1 Å². The molecule has 1 aliphatic heterocycles. The van der Waals surface area contributed by atoms with Crippen molar-refractivity contribution in [2.75, 3.05) is 26.2 Å². The molecule has 1 rings (SSSR count). The molecule has 1 fully saturated rings. The number of nitrogens with zero attached hydrogens (tertiary/aromatic N) is 1. The highest BCUT2D eigenvalue weighted by Gasteiger charge is 2.18. The van der Waals surface area contributed by atoms with Crippen LogP contribution >= 0.6 is 0 Å². The molecule has 0 aliphatic carbocycles. The monoisotopic (exact) mass is 184 g/mol. The maximum absolute atomic E-state index is 5.56. The highest BCUT2D eigenvalue weighted by Crippen LogP contribution is 2.24. The van der Waals surface area contributed by atoms with Crippen LogP contribution < -0.4 is 5.73 Å². The molecule has 0 bridgehead atoms. The van der Waals surface area contributed by atoms with Gasteiger partial charge in [0.25, 0.3) is 0 Å². The Hall–Kier alpha value is -0.0800. The van der Waals surface area contributed by atoms with Gasteiger partial charge in [-0.3, -0.25) is 0 Å². The molecule has 1 unspecified atom stereocenters. The Bertz CT molecular complexity index is 134. The number of nitrogens with two attached hydrogens (primary N) is 1. The van der Waals surface area contributed by atoms with Crippen molar-refractivity contribution in [2.24, 2.45) is 17.6 Å². The molecule has 1 aliphatic rings. The fourth-order valence-corrected chi connectivity index (χ4v) is 2.25. The summed E-state index contributed by atoms with van der Waals surface area (Å²) in [5.41, 5.74) is 5.56. The van der Waals surface area contributed by atoms with E-state index in [2.05, 4.69) is 18.7 Å². The highest BCUT2D eigenvalue weighted by molar-refractivity contribution is 4.72. The second-order valence-corrected chi connectivity index (χ2v) is 4.57. The SMILES string of the molecule is CC(C)C1CCCN(CCN)CC1. The highest BCUT2D eigenvalue weighted by atomic mass is 15.1. The zero-order valence-electron chi connectivity index (χ0n) is 9.13. The fourth-order valence-electron chi connectivity index (χ4n) is 2.25. The van der Waals surface area contributed by atoms with Crippen molar-refractivity contribution in [3.63, 3.8) is 0 Å². The van der Waals surface area contributed by atoms with E-state index in [-0.39, 0.29) is 0 Å². The number of rotatable bonds is 3. The zero-order valence-corrected chi connectivity index (χ0v) is 9.13. The van der Waals surface area contributed by atoms with Gasteiger partial charge in [0, 0.05) is 13.1 Å². The van der Waals surface area contributed by atoms with Crippen LogP contribution in [0.15, 0.2) is 0 Å². The lowest BCUT2D eigenvalue weighted by Crippen LogP contribution is -2.30. The smallest absolute Gasteiger partial charge is 0.0105 e. The summed E-state index contributed by atoms with van der Waals surface area (Å²) in [5.74, 6) is 1.81. The molecule has 0 amide bonds. The van der Waals surface area contributed by atoms with E-state index < -0.39 is 0 Å². The molecule has 1 saturated heterocycles. The van der Waals surface area contributed by atoms with Gasteiger partial charge in [0.15, 0.2) is 0 Å². The molecule has 0 saturated carbocycles. The maximum atomic E-state index is 5.56. The average molecular weight is 184 g/mol. The van der Waals surface area contributed by atoms with Crippen LogP contribution in [0.3, 0.4) is 0 Å². The molecular weight excluding hydrogens is 160 g/mol. The standard InChI is InChI=1S/C11H24N2/c1-10(2)11-4-3-7-13(8-5-11)9-6-12/h10-11H,3-9,12H2,1-2H3. The summed E-state index contributed by atoms with van der Waals surface area (Å²) in [6.07, 6.45) is 4.15. The molecule has 0 radical (unpaired) electrons. The Kier molecular flexibility index (Phi) is 4.74. The van der Waals surface area contributed by atoms with Gasteiger partial charge in [0.1, 0.15) is 0 Å². The van der Waals surface area contributed by atoms with E-state index in [9.17, 15) is 0 Å². The molecule has 2 heteroatoms. The first kappa shape index (κ1) is 11.0. The molecule has 0 aromatic heterocycles. The molecule has 0 aromatic carbocycles. The van der Waals surface area contributed by atoms with E-state index in [1.165, 1.54) is 32.4 Å². The lowest BCUT2D eigenvalue weighted by molar-refractivity contribution is 0.278. The van der Waals surface area contributed by atoms with Crippen molar-refractivity contribution in [2.45, 2.75) is 33.1 Å². The zero-order chi connectivity index (χ0) is 9.68. The van der Waals surface area contributed by atoms with Crippen molar-refractivity contribution >= 4 is 0 Å². The second kappa shape index (κ2) is 5.61. The molecule has 0 aromatic rings. The molecule has 2 nitrogen and oxygen atoms in total. The van der Waals surface area contributed by atoms with Gasteiger partial charge in [-0.15, -0.1) is 0 Å². The quantitative estimate of drug-likeness (QED) is 0.723. The summed E-state index contributed by atoms with van der Waals surface area (Å²) in [6, 6.07) is 0. The lowest BCUT2D eigenvalue weighted by Gasteiger charge is -2.20. The Morgan fingerprint density at radius 3 is 2.69 bits per heavy atom. The van der Waals surface area contributed by atoms with Crippen LogP contribution in [0.1, 0.15) is 33.1 Å². The summed E-state index contributed by atoms with van der Waals surface area (Å²) in [6.45, 7) is 9.13. The van der Waals surface area contributed by atoms with E-state index >= 15 is 0 Å². The largest absolute Gasteiger partial charge is 0.329 e. The van der Waals surface area contributed by atoms with Crippen molar-refractivity contribution in [3.8, 4) is 0 Å². The topological polar surface area (TPSA) is 29.3 Å². The lowest BCUT2D eigenvalue weighted by atomic mass is 9.89. The van der Waals surface area contributed by atoms with E-state index in [4.69, 9.17) is 5.73 Å². The fraction of sp³-hybridized carbons (Fsp3) is 1.00. The van der Waals surface area contributed by atoms with E-state index in [0.29, 0.717) is 0 Å². The van der Waals surface area contributed by atoms with Crippen LogP contribution in [-0.2, 0) is 0 Å². The third-order valence-electron chi connectivity index (χ3n) is 3.25. The molecule has 1 atom stereocenters. The normalized spacial score (nSPS) is 26.3. The van der Waals surface area contributed by atoms with Crippen molar-refractivity contribution in [3.05, 3.63) is 0 Å². The summed E-state index contributed by atoms with van der Waals surface area (Å²) in [5, 5.41) is 0. The summed E-state index contributed by atoms with van der Waals surface area (Å²) in [4.78, 5) is 2.52. The molecule has 0 spiro atoms. The maximum Gasteiger partial charge on any atom is 0.0105 e. The van der Waals surface area contributed by atoms with Crippen LogP contribution in [0.5, 0.6) is 0 Å². The first-order chi connectivity index (χ1) is 6.24. The van der Waals surface area contributed by atoms with Gasteiger partial charge >= 0.3 is 0 Å². The van der Waals surface area contributed by atoms with Gasteiger partial charge in [-0.1, -0.05) is 13.8 Å². The Morgan fingerprint density at radius 2 is 2.08 bits per heavy atom. The Balaban J connectivity index is 2.30. The second-order valence-electron chi connectivity index (χ2n) is 4.57. The van der Waals surface area contributed by atoms with E-state index in [0.717, 1.165) is 24.9 Å². The Morgan fingerprint density at radius 1 is 1.31 bits per heavy atom. The van der Waals surface area contributed by atoms with Crippen molar-refractivity contribution in [1.29, 1.82) is 0 Å². The van der Waals surface area contributed by atoms with Crippen LogP contribution in [0.25, 0.3) is 0 Å². The molecular formula is C11H24N2. The third kappa shape index (κ3) is 3.65. The number of hydrogen-bond acceptors (Lipinski definition) is 2. The molecule has 1 heterocycles. The van der Waals surface area contributed by atoms with Crippen LogP contribution in [0.4, 0.5) is 0 Å².